The number of hydrogen-bond acceptors (Lipinski definition) is 2. The van der Waals surface area contributed by atoms with Crippen molar-refractivity contribution >= 4 is 0 Å². The van der Waals surface area contributed by atoms with Gasteiger partial charge in [-0.2, -0.15) is 0 Å². The molecule has 0 aromatic carbocycles. The highest BCUT2D eigenvalue weighted by Crippen LogP contribution is 2.51. The number of nitrogens with zero attached hydrogens (tertiary/aromatic N) is 1. The monoisotopic (exact) mass is 290 g/mol. The molecule has 120 valence electrons. The van der Waals surface area contributed by atoms with E-state index in [1.165, 1.54) is 45.2 Å². The molecule has 0 aromatic heterocycles. The Bertz CT molecular complexity index is 376. The van der Waals surface area contributed by atoms with E-state index in [0.29, 0.717) is 0 Å². The van der Waals surface area contributed by atoms with Crippen LogP contribution in [0.1, 0.15) is 59.3 Å². The summed E-state index contributed by atoms with van der Waals surface area (Å²) in [4.78, 5) is 2.94. The topological polar surface area (TPSA) is 15.3 Å². The molecule has 2 bridgehead atoms. The number of piperazine rings is 1. The predicted octanol–water partition coefficient (Wildman–Crippen LogP) is 3.52. The zero-order chi connectivity index (χ0) is 14.6. The van der Waals surface area contributed by atoms with Gasteiger partial charge in [-0.25, -0.2) is 0 Å². The zero-order valence-electron chi connectivity index (χ0n) is 14.2. The van der Waals surface area contributed by atoms with Gasteiger partial charge in [0, 0.05) is 31.2 Å². The van der Waals surface area contributed by atoms with Crippen molar-refractivity contribution in [2.75, 3.05) is 13.1 Å². The summed E-state index contributed by atoms with van der Waals surface area (Å²) in [6, 6.07) is 2.37. The van der Waals surface area contributed by atoms with Crippen molar-refractivity contribution < 1.29 is 0 Å². The summed E-state index contributed by atoms with van der Waals surface area (Å²) in [7, 11) is 0. The van der Waals surface area contributed by atoms with Crippen LogP contribution in [0.15, 0.2) is 0 Å². The summed E-state index contributed by atoms with van der Waals surface area (Å²) in [6.45, 7) is 9.96. The molecule has 0 aromatic rings. The number of rotatable bonds is 4. The van der Waals surface area contributed by atoms with Crippen LogP contribution in [0, 0.1) is 29.6 Å². The maximum Gasteiger partial charge on any atom is 0.0247 e. The van der Waals surface area contributed by atoms with Crippen LogP contribution in [0.4, 0.5) is 0 Å². The summed E-state index contributed by atoms with van der Waals surface area (Å²) in [5, 5.41) is 3.88. The molecule has 21 heavy (non-hydrogen) atoms. The van der Waals surface area contributed by atoms with E-state index in [2.05, 4.69) is 31.0 Å². The van der Waals surface area contributed by atoms with Gasteiger partial charge in [0.05, 0.1) is 0 Å². The van der Waals surface area contributed by atoms with E-state index in [0.717, 1.165) is 47.7 Å². The van der Waals surface area contributed by atoms with Gasteiger partial charge in [0.15, 0.2) is 0 Å². The minimum absolute atomic E-state index is 0.758. The first-order chi connectivity index (χ1) is 10.1. The first-order valence-corrected chi connectivity index (χ1v) is 9.62. The van der Waals surface area contributed by atoms with Crippen molar-refractivity contribution in [2.24, 2.45) is 29.6 Å². The van der Waals surface area contributed by atoms with Crippen molar-refractivity contribution in [3.8, 4) is 0 Å². The van der Waals surface area contributed by atoms with Crippen LogP contribution in [0.2, 0.25) is 0 Å². The van der Waals surface area contributed by atoms with Crippen molar-refractivity contribution in [3.63, 3.8) is 0 Å². The lowest BCUT2D eigenvalue weighted by molar-refractivity contribution is 0.0205. The Morgan fingerprint density at radius 1 is 0.952 bits per heavy atom. The van der Waals surface area contributed by atoms with Gasteiger partial charge in [-0.3, -0.25) is 4.90 Å². The Kier molecular flexibility index (Phi) is 3.82. The van der Waals surface area contributed by atoms with Gasteiger partial charge in [0.25, 0.3) is 0 Å². The van der Waals surface area contributed by atoms with E-state index in [-0.39, 0.29) is 0 Å². The van der Waals surface area contributed by atoms with Crippen LogP contribution >= 0.6 is 0 Å². The molecule has 0 amide bonds. The molecule has 2 nitrogen and oxygen atoms in total. The van der Waals surface area contributed by atoms with E-state index < -0.39 is 0 Å². The fourth-order valence-electron chi connectivity index (χ4n) is 5.85. The maximum atomic E-state index is 3.88. The molecule has 1 N–H and O–H groups in total. The standard InChI is InChI=1S/C19H34N2/c1-12(2)19-10-20-18(15-6-7-15)11-21(19)13(3)17-9-14-4-5-16(17)8-14/h12-20H,4-11H2,1-3H3. The van der Waals surface area contributed by atoms with E-state index >= 15 is 0 Å². The fourth-order valence-corrected chi connectivity index (χ4v) is 5.85. The first-order valence-electron chi connectivity index (χ1n) is 9.62. The number of hydrogen-bond donors (Lipinski definition) is 1. The lowest BCUT2D eigenvalue weighted by Gasteiger charge is -2.48. The van der Waals surface area contributed by atoms with Gasteiger partial charge < -0.3 is 5.32 Å². The minimum Gasteiger partial charge on any atom is -0.311 e. The first kappa shape index (κ1) is 14.5. The van der Waals surface area contributed by atoms with E-state index in [9.17, 15) is 0 Å². The Morgan fingerprint density at radius 3 is 2.29 bits per heavy atom. The Labute approximate surface area is 131 Å². The van der Waals surface area contributed by atoms with Crippen LogP contribution < -0.4 is 5.32 Å². The second kappa shape index (κ2) is 5.53. The van der Waals surface area contributed by atoms with Crippen LogP contribution in [0.3, 0.4) is 0 Å². The predicted molar refractivity (Wildman–Crippen MR) is 88.2 cm³/mol. The van der Waals surface area contributed by atoms with E-state index in [4.69, 9.17) is 0 Å². The zero-order valence-corrected chi connectivity index (χ0v) is 14.2. The molecule has 4 aliphatic rings. The van der Waals surface area contributed by atoms with E-state index in [1.807, 2.05) is 0 Å². The molecule has 4 fully saturated rings. The van der Waals surface area contributed by atoms with Gasteiger partial charge in [-0.05, 0) is 68.6 Å². The van der Waals surface area contributed by atoms with Crippen LogP contribution in [0.5, 0.6) is 0 Å². The SMILES string of the molecule is CC(C)C1CNC(C2CC2)CN1C(C)C1CC2CCC1C2. The van der Waals surface area contributed by atoms with Crippen molar-refractivity contribution in [2.45, 2.75) is 77.4 Å². The van der Waals surface area contributed by atoms with Crippen molar-refractivity contribution in [1.82, 2.24) is 10.2 Å². The quantitative estimate of drug-likeness (QED) is 0.852. The molecule has 6 atom stereocenters. The summed E-state index contributed by atoms with van der Waals surface area (Å²) < 4.78 is 0. The van der Waals surface area contributed by atoms with Crippen LogP contribution in [-0.4, -0.2) is 36.1 Å². The Morgan fingerprint density at radius 2 is 1.71 bits per heavy atom. The summed E-state index contributed by atoms with van der Waals surface area (Å²) in [5.74, 6) is 4.92. The Hall–Kier alpha value is -0.0800. The normalized spacial score (nSPS) is 45.4. The second-order valence-corrected chi connectivity index (χ2v) is 8.94. The molecule has 1 heterocycles. The fraction of sp³-hybridized carbons (Fsp3) is 1.00. The molecular weight excluding hydrogens is 256 g/mol. The summed E-state index contributed by atoms with van der Waals surface area (Å²) in [6.07, 6.45) is 9.10. The van der Waals surface area contributed by atoms with Gasteiger partial charge in [-0.15, -0.1) is 0 Å². The van der Waals surface area contributed by atoms with Crippen molar-refractivity contribution in [3.05, 3.63) is 0 Å². The molecular formula is C19H34N2. The summed E-state index contributed by atoms with van der Waals surface area (Å²) in [5.41, 5.74) is 0. The van der Waals surface area contributed by atoms with Gasteiger partial charge in [-0.1, -0.05) is 20.3 Å². The molecule has 3 aliphatic carbocycles. The molecule has 2 heteroatoms. The average molecular weight is 290 g/mol. The van der Waals surface area contributed by atoms with Crippen molar-refractivity contribution in [1.29, 1.82) is 0 Å². The third-order valence-corrected chi connectivity index (χ3v) is 7.32. The lowest BCUT2D eigenvalue weighted by Crippen LogP contribution is -2.62. The average Bonchev–Trinajstić information content (AvgIpc) is 3.13. The largest absolute Gasteiger partial charge is 0.311 e. The molecule has 4 rings (SSSR count). The molecule has 1 saturated heterocycles. The van der Waals surface area contributed by atoms with Crippen LogP contribution in [-0.2, 0) is 0 Å². The van der Waals surface area contributed by atoms with Gasteiger partial charge in [0.2, 0.25) is 0 Å². The second-order valence-electron chi connectivity index (χ2n) is 8.94. The number of nitrogens with one attached hydrogen (secondary N) is 1. The molecule has 0 spiro atoms. The molecule has 3 saturated carbocycles. The minimum atomic E-state index is 0.758. The maximum absolute atomic E-state index is 3.88. The summed E-state index contributed by atoms with van der Waals surface area (Å²) >= 11 is 0. The third-order valence-electron chi connectivity index (χ3n) is 7.32. The lowest BCUT2D eigenvalue weighted by atomic mass is 9.81. The highest BCUT2D eigenvalue weighted by molar-refractivity contribution is 5.01. The molecule has 0 radical (unpaired) electrons. The highest BCUT2D eigenvalue weighted by Gasteiger charge is 2.46. The molecule has 6 unspecified atom stereocenters. The van der Waals surface area contributed by atoms with E-state index in [1.54, 1.807) is 6.42 Å². The third kappa shape index (κ3) is 2.67. The van der Waals surface area contributed by atoms with Crippen LogP contribution in [0.25, 0.3) is 0 Å². The smallest absolute Gasteiger partial charge is 0.0247 e. The van der Waals surface area contributed by atoms with Gasteiger partial charge >= 0.3 is 0 Å². The Balaban J connectivity index is 1.48. The highest BCUT2D eigenvalue weighted by atomic mass is 15.3. The molecule has 1 aliphatic heterocycles. The number of fused-ring (bicyclic) bond motifs is 2. The van der Waals surface area contributed by atoms with Gasteiger partial charge in [0.1, 0.15) is 0 Å².